The van der Waals surface area contributed by atoms with Gasteiger partial charge in [0.1, 0.15) is 11.4 Å². The first-order chi connectivity index (χ1) is 14.4. The molecule has 0 amide bonds. The van der Waals surface area contributed by atoms with Gasteiger partial charge in [0.15, 0.2) is 11.5 Å². The number of hydrogen-bond donors (Lipinski definition) is 1. The number of nitrogens with zero attached hydrogens (tertiary/aromatic N) is 2. The van der Waals surface area contributed by atoms with Gasteiger partial charge in [-0.05, 0) is 42.3 Å². The topological polar surface area (TPSA) is 67.9 Å². The van der Waals surface area contributed by atoms with E-state index in [1.54, 1.807) is 6.07 Å². The van der Waals surface area contributed by atoms with Gasteiger partial charge in [-0.15, -0.1) is 0 Å². The van der Waals surface area contributed by atoms with Crippen LogP contribution < -0.4 is 10.3 Å². The zero-order chi connectivity index (χ0) is 23.0. The summed E-state index contributed by atoms with van der Waals surface area (Å²) in [7, 11) is 0. The fourth-order valence-electron chi connectivity index (χ4n) is 2.60. The van der Waals surface area contributed by atoms with Gasteiger partial charge in [-0.3, -0.25) is 9.78 Å². The van der Waals surface area contributed by atoms with Crippen molar-refractivity contribution in [2.24, 2.45) is 0 Å². The molecule has 0 unspecified atom stereocenters. The minimum Gasteiger partial charge on any atom is -0.449 e. The Labute approximate surface area is 175 Å². The fourth-order valence-corrected chi connectivity index (χ4v) is 2.82. The monoisotopic (exact) mass is 463 g/mol. The van der Waals surface area contributed by atoms with Crippen LogP contribution in [0.2, 0.25) is 5.02 Å². The number of pyridine rings is 1. The third-order valence-corrected chi connectivity index (χ3v) is 4.41. The lowest BCUT2D eigenvalue weighted by molar-refractivity contribution is -0.142. The van der Waals surface area contributed by atoms with Crippen LogP contribution in [-0.2, 0) is 18.8 Å². The number of halogens is 7. The van der Waals surface area contributed by atoms with Gasteiger partial charge in [-0.2, -0.15) is 26.3 Å². The highest BCUT2D eigenvalue weighted by Crippen LogP contribution is 2.39. The Kier molecular flexibility index (Phi) is 5.99. The zero-order valence-electron chi connectivity index (χ0n) is 15.5. The van der Waals surface area contributed by atoms with Gasteiger partial charge in [0.2, 0.25) is 5.75 Å². The van der Waals surface area contributed by atoms with Gasteiger partial charge in [0, 0.05) is 6.20 Å². The van der Waals surface area contributed by atoms with Crippen LogP contribution >= 0.6 is 11.6 Å². The van der Waals surface area contributed by atoms with E-state index in [0.717, 1.165) is 17.7 Å². The number of nitrogens with one attached hydrogen (secondary N) is 1. The molecule has 0 spiro atoms. The van der Waals surface area contributed by atoms with E-state index in [2.05, 4.69) is 15.0 Å². The number of aryl methyl sites for hydroxylation is 1. The maximum absolute atomic E-state index is 13.6. The first-order valence-electron chi connectivity index (χ1n) is 8.61. The van der Waals surface area contributed by atoms with Gasteiger partial charge in [-0.25, -0.2) is 4.98 Å². The number of benzene rings is 1. The van der Waals surface area contributed by atoms with Crippen molar-refractivity contribution in [3.8, 4) is 23.0 Å². The lowest BCUT2D eigenvalue weighted by Crippen LogP contribution is -2.21. The highest BCUT2D eigenvalue weighted by atomic mass is 35.5. The van der Waals surface area contributed by atoms with E-state index in [-0.39, 0.29) is 5.69 Å². The Morgan fingerprint density at radius 1 is 1.06 bits per heavy atom. The Morgan fingerprint density at radius 3 is 2.39 bits per heavy atom. The second kappa shape index (κ2) is 8.22. The highest BCUT2D eigenvalue weighted by molar-refractivity contribution is 6.31. The Morgan fingerprint density at radius 2 is 1.77 bits per heavy atom. The smallest absolute Gasteiger partial charge is 0.437 e. The van der Waals surface area contributed by atoms with Gasteiger partial charge in [0.05, 0.1) is 10.6 Å². The summed E-state index contributed by atoms with van der Waals surface area (Å²) in [5.41, 5.74) is -3.66. The Balaban J connectivity index is 2.12. The second-order valence-electron chi connectivity index (χ2n) is 6.23. The molecule has 12 heteroatoms. The minimum atomic E-state index is -5.14. The second-order valence-corrected chi connectivity index (χ2v) is 6.64. The van der Waals surface area contributed by atoms with Crippen molar-refractivity contribution < 1.29 is 31.1 Å². The molecular weight excluding hydrogens is 452 g/mol. The molecule has 0 saturated heterocycles. The molecule has 1 N–H and O–H groups in total. The maximum Gasteiger partial charge on any atom is 0.437 e. The van der Waals surface area contributed by atoms with Gasteiger partial charge < -0.3 is 9.72 Å². The van der Waals surface area contributed by atoms with E-state index >= 15 is 0 Å². The number of rotatable bonds is 4. The normalized spacial score (nSPS) is 12.1. The summed E-state index contributed by atoms with van der Waals surface area (Å²) in [4.78, 5) is 21.8. The summed E-state index contributed by atoms with van der Waals surface area (Å²) >= 11 is 5.49. The molecular formula is C19H12ClF6N3O2. The fraction of sp³-hybridized carbons (Fsp3) is 0.211. The maximum atomic E-state index is 13.6. The van der Waals surface area contributed by atoms with Crippen molar-refractivity contribution in [2.45, 2.75) is 25.7 Å². The molecule has 0 bridgehead atoms. The van der Waals surface area contributed by atoms with Crippen LogP contribution in [0.1, 0.15) is 23.7 Å². The molecule has 0 atom stereocenters. The van der Waals surface area contributed by atoms with Crippen LogP contribution in [0.25, 0.3) is 11.5 Å². The molecule has 3 rings (SSSR count). The van der Waals surface area contributed by atoms with Crippen LogP contribution in [0.5, 0.6) is 11.5 Å². The van der Waals surface area contributed by atoms with E-state index in [9.17, 15) is 31.1 Å². The minimum absolute atomic E-state index is 0.0145. The van der Waals surface area contributed by atoms with Crippen molar-refractivity contribution in [1.82, 2.24) is 15.0 Å². The van der Waals surface area contributed by atoms with Crippen LogP contribution in [-0.4, -0.2) is 15.0 Å². The SMILES string of the molecule is CCc1ccnc(-c2nc(C(F)(F)F)c(Oc3ccc(Cl)c(C(F)(F)F)c3)c(=O)[nH]2)c1. The predicted molar refractivity (Wildman–Crippen MR) is 99.0 cm³/mol. The molecule has 0 aliphatic carbocycles. The average molecular weight is 464 g/mol. The zero-order valence-corrected chi connectivity index (χ0v) is 16.3. The highest BCUT2D eigenvalue weighted by Gasteiger charge is 2.39. The molecule has 164 valence electrons. The lowest BCUT2D eigenvalue weighted by Gasteiger charge is -2.15. The molecule has 0 fully saturated rings. The molecule has 3 aromatic rings. The molecule has 0 saturated carbocycles. The third kappa shape index (κ3) is 4.98. The Hall–Kier alpha value is -3.08. The number of H-pyrrole nitrogens is 1. The molecule has 0 aliphatic heterocycles. The van der Waals surface area contributed by atoms with Crippen LogP contribution in [0.15, 0.2) is 41.3 Å². The van der Waals surface area contributed by atoms with E-state index in [4.69, 9.17) is 16.3 Å². The average Bonchev–Trinajstić information content (AvgIpc) is 2.69. The van der Waals surface area contributed by atoms with Crippen LogP contribution in [0.3, 0.4) is 0 Å². The van der Waals surface area contributed by atoms with Crippen molar-refractivity contribution in [1.29, 1.82) is 0 Å². The Bertz CT molecular complexity index is 1170. The molecule has 0 radical (unpaired) electrons. The quantitative estimate of drug-likeness (QED) is 0.491. The molecule has 0 aliphatic rings. The summed E-state index contributed by atoms with van der Waals surface area (Å²) in [6.07, 6.45) is -8.11. The van der Waals surface area contributed by atoms with Crippen molar-refractivity contribution in [2.75, 3.05) is 0 Å². The molecule has 5 nitrogen and oxygen atoms in total. The van der Waals surface area contributed by atoms with Crippen molar-refractivity contribution >= 4 is 11.6 Å². The predicted octanol–water partition coefficient (Wildman–Crippen LogP) is 5.88. The van der Waals surface area contributed by atoms with Gasteiger partial charge >= 0.3 is 12.4 Å². The molecule has 2 aromatic heterocycles. The number of aromatic nitrogens is 3. The number of alkyl halides is 6. The van der Waals surface area contributed by atoms with E-state index in [1.165, 1.54) is 12.3 Å². The number of ether oxygens (including phenoxy) is 1. The first-order valence-corrected chi connectivity index (χ1v) is 8.99. The summed E-state index contributed by atoms with van der Waals surface area (Å²) in [6, 6.07) is 5.18. The molecule has 31 heavy (non-hydrogen) atoms. The van der Waals surface area contributed by atoms with Crippen molar-refractivity contribution in [3.63, 3.8) is 0 Å². The summed E-state index contributed by atoms with van der Waals surface area (Å²) in [5, 5.41) is -0.680. The van der Waals surface area contributed by atoms with E-state index in [0.29, 0.717) is 12.5 Å². The molecule has 1 aromatic carbocycles. The molecule has 2 heterocycles. The van der Waals surface area contributed by atoms with Gasteiger partial charge in [0.25, 0.3) is 5.56 Å². The standard InChI is InChI=1S/C19H12ClF6N3O2/c1-2-9-5-6-27-13(7-9)16-28-15(19(24,25)26)14(17(30)29-16)31-10-3-4-12(20)11(8-10)18(21,22)23/h3-8H,2H2,1H3,(H,28,29,30). The van der Waals surface area contributed by atoms with E-state index in [1.807, 2.05) is 6.92 Å². The first kappa shape index (κ1) is 22.6. The summed E-state index contributed by atoms with van der Waals surface area (Å²) in [5.74, 6) is -2.45. The van der Waals surface area contributed by atoms with Crippen LogP contribution in [0.4, 0.5) is 26.3 Å². The lowest BCUT2D eigenvalue weighted by atomic mass is 10.2. The number of hydrogen-bond acceptors (Lipinski definition) is 4. The van der Waals surface area contributed by atoms with Crippen LogP contribution in [0, 0.1) is 0 Å². The summed E-state index contributed by atoms with van der Waals surface area (Å²) < 4.78 is 84.7. The van der Waals surface area contributed by atoms with Crippen molar-refractivity contribution in [3.05, 3.63) is 68.7 Å². The summed E-state index contributed by atoms with van der Waals surface area (Å²) in [6.45, 7) is 1.81. The van der Waals surface area contributed by atoms with Gasteiger partial charge in [-0.1, -0.05) is 18.5 Å². The third-order valence-electron chi connectivity index (χ3n) is 4.08. The number of aromatic amines is 1. The largest absolute Gasteiger partial charge is 0.449 e. The van der Waals surface area contributed by atoms with E-state index < -0.39 is 51.5 Å².